The third-order valence-electron chi connectivity index (χ3n) is 3.33. The van der Waals surface area contributed by atoms with Crippen LogP contribution in [0.25, 0.3) is 23.4 Å². The van der Waals surface area contributed by atoms with Crippen LogP contribution in [0.5, 0.6) is 0 Å². The lowest BCUT2D eigenvalue weighted by Crippen LogP contribution is -1.80. The molecule has 0 unspecified atom stereocenters. The minimum Gasteiger partial charge on any atom is -0.338 e. The van der Waals surface area contributed by atoms with Crippen molar-refractivity contribution < 1.29 is 0 Å². The standard InChI is InChI=1S/C19H12Cl2N2/c1-2-13-3-5-14(6-4-13)7-10-19-22-12-18(23-19)16-9-8-15(20)11-17(16)21/h1,3-12H,(H,22,23)/b10-7+. The van der Waals surface area contributed by atoms with Crippen LogP contribution in [0.1, 0.15) is 17.0 Å². The van der Waals surface area contributed by atoms with E-state index in [1.54, 1.807) is 18.3 Å². The van der Waals surface area contributed by atoms with Crippen LogP contribution in [0.4, 0.5) is 0 Å². The van der Waals surface area contributed by atoms with Gasteiger partial charge in [-0.25, -0.2) is 4.98 Å². The summed E-state index contributed by atoms with van der Waals surface area (Å²) in [6.45, 7) is 0. The molecule has 3 rings (SSSR count). The molecule has 3 aromatic rings. The molecule has 0 saturated heterocycles. The van der Waals surface area contributed by atoms with E-state index in [2.05, 4.69) is 15.9 Å². The van der Waals surface area contributed by atoms with E-state index in [9.17, 15) is 0 Å². The zero-order valence-electron chi connectivity index (χ0n) is 12.1. The number of hydrogen-bond donors (Lipinski definition) is 1. The molecule has 112 valence electrons. The predicted molar refractivity (Wildman–Crippen MR) is 97.3 cm³/mol. The van der Waals surface area contributed by atoms with Crippen LogP contribution in [-0.2, 0) is 0 Å². The number of aromatic amines is 1. The largest absolute Gasteiger partial charge is 0.338 e. The van der Waals surface area contributed by atoms with Crippen molar-refractivity contribution in [3.63, 3.8) is 0 Å². The van der Waals surface area contributed by atoms with E-state index in [4.69, 9.17) is 29.6 Å². The maximum Gasteiger partial charge on any atom is 0.130 e. The van der Waals surface area contributed by atoms with E-state index < -0.39 is 0 Å². The number of nitrogens with zero attached hydrogens (tertiary/aromatic N) is 1. The van der Waals surface area contributed by atoms with Gasteiger partial charge in [0, 0.05) is 16.1 Å². The second kappa shape index (κ2) is 6.75. The first-order valence-electron chi connectivity index (χ1n) is 6.91. The third kappa shape index (κ3) is 3.65. The van der Waals surface area contributed by atoms with Crippen molar-refractivity contribution in [1.82, 2.24) is 9.97 Å². The third-order valence-corrected chi connectivity index (χ3v) is 3.88. The molecule has 0 aliphatic rings. The second-order valence-corrected chi connectivity index (χ2v) is 5.75. The number of imidazole rings is 1. The molecule has 0 saturated carbocycles. The van der Waals surface area contributed by atoms with Crippen LogP contribution in [-0.4, -0.2) is 9.97 Å². The molecule has 0 spiro atoms. The quantitative estimate of drug-likeness (QED) is 0.624. The number of nitrogens with one attached hydrogen (secondary N) is 1. The Kier molecular flexibility index (Phi) is 4.52. The van der Waals surface area contributed by atoms with Crippen LogP contribution >= 0.6 is 23.2 Å². The first-order valence-corrected chi connectivity index (χ1v) is 7.66. The molecule has 2 nitrogen and oxygen atoms in total. The Bertz CT molecular complexity index is 900. The van der Waals surface area contributed by atoms with Gasteiger partial charge in [0.1, 0.15) is 5.82 Å². The van der Waals surface area contributed by atoms with Gasteiger partial charge in [-0.2, -0.15) is 0 Å². The summed E-state index contributed by atoms with van der Waals surface area (Å²) < 4.78 is 0. The number of aromatic nitrogens is 2. The first-order chi connectivity index (χ1) is 11.2. The van der Waals surface area contributed by atoms with E-state index >= 15 is 0 Å². The number of H-pyrrole nitrogens is 1. The lowest BCUT2D eigenvalue weighted by atomic mass is 10.1. The average Bonchev–Trinajstić information content (AvgIpc) is 3.02. The predicted octanol–water partition coefficient (Wildman–Crippen LogP) is 5.54. The minimum atomic E-state index is 0.585. The second-order valence-electron chi connectivity index (χ2n) is 4.91. The summed E-state index contributed by atoms with van der Waals surface area (Å²) in [5.74, 6) is 3.34. The fraction of sp³-hybridized carbons (Fsp3) is 0. The van der Waals surface area contributed by atoms with Crippen molar-refractivity contribution in [3.8, 4) is 23.6 Å². The molecule has 4 heteroatoms. The zero-order chi connectivity index (χ0) is 16.2. The molecule has 0 aliphatic carbocycles. The van der Waals surface area contributed by atoms with Gasteiger partial charge < -0.3 is 4.98 Å². The highest BCUT2D eigenvalue weighted by Crippen LogP contribution is 2.29. The van der Waals surface area contributed by atoms with Crippen molar-refractivity contribution in [1.29, 1.82) is 0 Å². The van der Waals surface area contributed by atoms with Gasteiger partial charge in [-0.15, -0.1) is 6.42 Å². The molecule has 23 heavy (non-hydrogen) atoms. The minimum absolute atomic E-state index is 0.585. The van der Waals surface area contributed by atoms with Crippen LogP contribution < -0.4 is 0 Å². The highest BCUT2D eigenvalue weighted by atomic mass is 35.5. The molecule has 0 fully saturated rings. The number of hydrogen-bond acceptors (Lipinski definition) is 1. The fourth-order valence-corrected chi connectivity index (χ4v) is 2.64. The number of rotatable bonds is 3. The van der Waals surface area contributed by atoms with Crippen molar-refractivity contribution in [2.24, 2.45) is 0 Å². The smallest absolute Gasteiger partial charge is 0.130 e. The van der Waals surface area contributed by atoms with Crippen molar-refractivity contribution in [2.45, 2.75) is 0 Å². The fourth-order valence-electron chi connectivity index (χ4n) is 2.13. The molecule has 1 heterocycles. The maximum atomic E-state index is 6.21. The van der Waals surface area contributed by atoms with Gasteiger partial charge in [0.15, 0.2) is 0 Å². The molecule has 2 aromatic carbocycles. The molecular formula is C19H12Cl2N2. The lowest BCUT2D eigenvalue weighted by molar-refractivity contribution is 1.27. The molecule has 0 amide bonds. The Morgan fingerprint density at radius 3 is 2.52 bits per heavy atom. The SMILES string of the molecule is C#Cc1ccc(/C=C/c2ncc(-c3ccc(Cl)cc3Cl)[nH]2)cc1. The summed E-state index contributed by atoms with van der Waals surface area (Å²) in [6.07, 6.45) is 11.0. The molecule has 0 atom stereocenters. The summed E-state index contributed by atoms with van der Waals surface area (Å²) in [5.41, 5.74) is 3.61. The van der Waals surface area contributed by atoms with Gasteiger partial charge in [-0.05, 0) is 42.0 Å². The van der Waals surface area contributed by atoms with Gasteiger partial charge in [-0.3, -0.25) is 0 Å². The van der Waals surface area contributed by atoms with Gasteiger partial charge >= 0.3 is 0 Å². The topological polar surface area (TPSA) is 28.7 Å². The summed E-state index contributed by atoms with van der Waals surface area (Å²) in [7, 11) is 0. The number of terminal acetylenes is 1. The monoisotopic (exact) mass is 338 g/mol. The highest BCUT2D eigenvalue weighted by molar-refractivity contribution is 6.36. The molecule has 1 aromatic heterocycles. The molecule has 1 N–H and O–H groups in total. The van der Waals surface area contributed by atoms with E-state index in [1.165, 1.54) is 0 Å². The van der Waals surface area contributed by atoms with Gasteiger partial charge in [0.2, 0.25) is 0 Å². The van der Waals surface area contributed by atoms with Gasteiger partial charge in [0.05, 0.1) is 16.9 Å². The lowest BCUT2D eigenvalue weighted by Gasteiger charge is -2.01. The normalized spacial score (nSPS) is 10.8. The van der Waals surface area contributed by atoms with Crippen molar-refractivity contribution in [2.75, 3.05) is 0 Å². The summed E-state index contributed by atoms with van der Waals surface area (Å²) >= 11 is 12.1. The molecule has 0 bridgehead atoms. The van der Waals surface area contributed by atoms with Crippen LogP contribution in [0.2, 0.25) is 10.0 Å². The Balaban J connectivity index is 1.81. The summed E-state index contributed by atoms with van der Waals surface area (Å²) in [5, 5.41) is 1.19. The maximum absolute atomic E-state index is 6.21. The average molecular weight is 339 g/mol. The Morgan fingerprint density at radius 1 is 1.04 bits per heavy atom. The van der Waals surface area contributed by atoms with Gasteiger partial charge in [-0.1, -0.05) is 47.3 Å². The summed E-state index contributed by atoms with van der Waals surface area (Å²) in [6, 6.07) is 13.1. The van der Waals surface area contributed by atoms with E-state index in [1.807, 2.05) is 42.5 Å². The van der Waals surface area contributed by atoms with E-state index in [-0.39, 0.29) is 0 Å². The van der Waals surface area contributed by atoms with Crippen LogP contribution in [0, 0.1) is 12.3 Å². The van der Waals surface area contributed by atoms with Crippen LogP contribution in [0.3, 0.4) is 0 Å². The first kappa shape index (κ1) is 15.4. The zero-order valence-corrected chi connectivity index (χ0v) is 13.6. The molecule has 0 radical (unpaired) electrons. The molecule has 0 aliphatic heterocycles. The van der Waals surface area contributed by atoms with Crippen molar-refractivity contribution >= 4 is 35.4 Å². The Hall–Kier alpha value is -2.47. The van der Waals surface area contributed by atoms with Crippen LogP contribution in [0.15, 0.2) is 48.7 Å². The number of halogens is 2. The number of benzene rings is 2. The highest BCUT2D eigenvalue weighted by Gasteiger charge is 2.06. The van der Waals surface area contributed by atoms with E-state index in [0.29, 0.717) is 10.0 Å². The van der Waals surface area contributed by atoms with Crippen molar-refractivity contribution in [3.05, 3.63) is 75.7 Å². The Labute approximate surface area is 144 Å². The van der Waals surface area contributed by atoms with Gasteiger partial charge in [0.25, 0.3) is 0 Å². The molecular weight excluding hydrogens is 327 g/mol. The Morgan fingerprint density at radius 2 is 1.83 bits per heavy atom. The van der Waals surface area contributed by atoms with E-state index in [0.717, 1.165) is 28.2 Å². The summed E-state index contributed by atoms with van der Waals surface area (Å²) in [4.78, 5) is 7.56.